The topological polar surface area (TPSA) is 128 Å². The van der Waals surface area contributed by atoms with Crippen LogP contribution in [0.5, 0.6) is 0 Å². The molecular formula is C8H15NO7S. The van der Waals surface area contributed by atoms with Gasteiger partial charge in [0.2, 0.25) is 0 Å². The van der Waals surface area contributed by atoms with Crippen LogP contribution in [0.3, 0.4) is 0 Å². The minimum Gasteiger partial charge on any atom is -0.396 e. The van der Waals surface area contributed by atoms with E-state index in [4.69, 9.17) is 9.29 Å². The first-order valence-electron chi connectivity index (χ1n) is 5.12. The van der Waals surface area contributed by atoms with Crippen molar-refractivity contribution in [2.24, 2.45) is 5.92 Å². The van der Waals surface area contributed by atoms with E-state index in [0.29, 0.717) is 0 Å². The van der Waals surface area contributed by atoms with Crippen molar-refractivity contribution in [1.29, 1.82) is 0 Å². The Bertz CT molecular complexity index is 399. The second kappa shape index (κ2) is 4.12. The number of aliphatic hydroxyl groups is 4. The molecule has 4 N–H and O–H groups in total. The highest BCUT2D eigenvalue weighted by Gasteiger charge is 2.58. The van der Waals surface area contributed by atoms with E-state index >= 15 is 0 Å². The first kappa shape index (κ1) is 13.1. The average Bonchev–Trinajstić information content (AvgIpc) is 2.48. The summed E-state index contributed by atoms with van der Waals surface area (Å²) in [6.45, 7) is -0.546. The highest BCUT2D eigenvalue weighted by atomic mass is 32.2. The zero-order chi connectivity index (χ0) is 13.0. The molecule has 2 rings (SSSR count). The number of aliphatic hydroxyl groups excluding tert-OH is 4. The zero-order valence-corrected chi connectivity index (χ0v) is 9.86. The van der Waals surface area contributed by atoms with Gasteiger partial charge in [-0.1, -0.05) is 0 Å². The van der Waals surface area contributed by atoms with Gasteiger partial charge >= 0.3 is 10.3 Å². The van der Waals surface area contributed by atoms with Crippen molar-refractivity contribution in [2.75, 3.05) is 13.7 Å². The summed E-state index contributed by atoms with van der Waals surface area (Å²) in [4.78, 5) is 0. The lowest BCUT2D eigenvalue weighted by Gasteiger charge is -2.41. The lowest BCUT2D eigenvalue weighted by molar-refractivity contribution is -0.163. The number of hydrogen-bond acceptors (Lipinski definition) is 7. The summed E-state index contributed by atoms with van der Waals surface area (Å²) >= 11 is 0. The van der Waals surface area contributed by atoms with Crippen molar-refractivity contribution in [3.05, 3.63) is 0 Å². The largest absolute Gasteiger partial charge is 0.396 e. The summed E-state index contributed by atoms with van der Waals surface area (Å²) < 4.78 is 28.6. The van der Waals surface area contributed by atoms with E-state index in [-0.39, 0.29) is 0 Å². The summed E-state index contributed by atoms with van der Waals surface area (Å²) in [7, 11) is -2.78. The molecule has 1 heterocycles. The Morgan fingerprint density at radius 3 is 2.29 bits per heavy atom. The van der Waals surface area contributed by atoms with Crippen molar-refractivity contribution in [3.63, 3.8) is 0 Å². The van der Waals surface area contributed by atoms with E-state index in [2.05, 4.69) is 0 Å². The van der Waals surface area contributed by atoms with Crippen LogP contribution in [0.2, 0.25) is 0 Å². The second-order valence-electron chi connectivity index (χ2n) is 4.34. The maximum atomic E-state index is 11.5. The van der Waals surface area contributed by atoms with Gasteiger partial charge in [0.25, 0.3) is 0 Å². The van der Waals surface area contributed by atoms with Gasteiger partial charge in [-0.15, -0.1) is 0 Å². The second-order valence-corrected chi connectivity index (χ2v) is 5.97. The third kappa shape index (κ3) is 1.78. The van der Waals surface area contributed by atoms with Crippen molar-refractivity contribution in [2.45, 2.75) is 30.5 Å². The molecule has 1 aliphatic heterocycles. The molecule has 0 radical (unpaired) electrons. The molecule has 0 bridgehead atoms. The number of hydrogen-bond donors (Lipinski definition) is 4. The number of nitrogens with zero attached hydrogens (tertiary/aromatic N) is 1. The molecule has 0 aromatic carbocycles. The van der Waals surface area contributed by atoms with Crippen LogP contribution in [0.15, 0.2) is 0 Å². The summed E-state index contributed by atoms with van der Waals surface area (Å²) in [6, 6.07) is -1.00. The van der Waals surface area contributed by atoms with E-state index in [1.807, 2.05) is 0 Å². The molecule has 6 atom stereocenters. The summed E-state index contributed by atoms with van der Waals surface area (Å²) in [5.74, 6) is -0.960. The smallest absolute Gasteiger partial charge is 0.338 e. The van der Waals surface area contributed by atoms with Crippen LogP contribution in [-0.4, -0.2) is 77.3 Å². The fourth-order valence-electron chi connectivity index (χ4n) is 2.42. The molecule has 2 fully saturated rings. The number of fused-ring (bicyclic) bond motifs is 1. The van der Waals surface area contributed by atoms with Gasteiger partial charge in [-0.2, -0.15) is 12.7 Å². The Morgan fingerprint density at radius 1 is 1.18 bits per heavy atom. The van der Waals surface area contributed by atoms with Crippen LogP contribution in [0.4, 0.5) is 0 Å². The van der Waals surface area contributed by atoms with E-state index in [1.165, 1.54) is 7.05 Å². The molecule has 0 unspecified atom stereocenters. The average molecular weight is 269 g/mol. The Morgan fingerprint density at radius 2 is 1.76 bits per heavy atom. The predicted octanol–water partition coefficient (Wildman–Crippen LogP) is -3.36. The number of likely N-dealkylation sites (N-methyl/N-ethyl adjacent to an activating group) is 1. The van der Waals surface area contributed by atoms with Crippen molar-refractivity contribution in [1.82, 2.24) is 4.31 Å². The monoisotopic (exact) mass is 269 g/mol. The molecule has 1 saturated heterocycles. The molecule has 1 aliphatic carbocycles. The fourth-order valence-corrected chi connectivity index (χ4v) is 3.63. The first-order chi connectivity index (χ1) is 7.81. The molecule has 0 aromatic heterocycles. The van der Waals surface area contributed by atoms with Crippen LogP contribution in [0.25, 0.3) is 0 Å². The highest BCUT2D eigenvalue weighted by molar-refractivity contribution is 7.84. The minimum absolute atomic E-state index is 0.546. The maximum absolute atomic E-state index is 11.5. The lowest BCUT2D eigenvalue weighted by Crippen LogP contribution is -2.63. The Balaban J connectivity index is 2.40. The molecule has 17 heavy (non-hydrogen) atoms. The van der Waals surface area contributed by atoms with Gasteiger partial charge in [-0.3, -0.25) is 4.18 Å². The third-order valence-electron chi connectivity index (χ3n) is 3.46. The zero-order valence-electron chi connectivity index (χ0n) is 9.04. The van der Waals surface area contributed by atoms with Crippen molar-refractivity contribution < 1.29 is 33.0 Å². The van der Waals surface area contributed by atoms with Crippen LogP contribution in [-0.2, 0) is 14.5 Å². The SMILES string of the molecule is CN1[C@@H]2[C@H](O)[C@@H](O)[C@H](O)[C@@H](CO)[C@@H]2OS1(=O)=O. The quantitative estimate of drug-likeness (QED) is 0.391. The molecule has 100 valence electrons. The van der Waals surface area contributed by atoms with Crippen LogP contribution in [0, 0.1) is 5.92 Å². The van der Waals surface area contributed by atoms with Gasteiger partial charge < -0.3 is 20.4 Å². The summed E-state index contributed by atoms with van der Waals surface area (Å²) in [5.41, 5.74) is 0. The molecular weight excluding hydrogens is 254 g/mol. The minimum atomic E-state index is -3.99. The molecule has 0 spiro atoms. The number of rotatable bonds is 1. The lowest BCUT2D eigenvalue weighted by atomic mass is 9.77. The summed E-state index contributed by atoms with van der Waals surface area (Å²) in [5, 5.41) is 38.1. The van der Waals surface area contributed by atoms with Crippen LogP contribution < -0.4 is 0 Å². The molecule has 9 heteroatoms. The Kier molecular flexibility index (Phi) is 3.19. The van der Waals surface area contributed by atoms with Gasteiger partial charge in [0.1, 0.15) is 18.3 Å². The molecule has 0 aromatic rings. The van der Waals surface area contributed by atoms with Gasteiger partial charge in [-0.25, -0.2) is 0 Å². The van der Waals surface area contributed by atoms with E-state index in [1.54, 1.807) is 0 Å². The van der Waals surface area contributed by atoms with Crippen LogP contribution >= 0.6 is 0 Å². The normalized spacial score (nSPS) is 50.2. The van der Waals surface area contributed by atoms with Gasteiger partial charge in [0.15, 0.2) is 0 Å². The van der Waals surface area contributed by atoms with E-state index in [0.717, 1.165) is 4.31 Å². The predicted molar refractivity (Wildman–Crippen MR) is 53.9 cm³/mol. The first-order valence-corrected chi connectivity index (χ1v) is 6.49. The van der Waals surface area contributed by atoms with Gasteiger partial charge in [0.05, 0.1) is 18.8 Å². The van der Waals surface area contributed by atoms with E-state index in [9.17, 15) is 23.7 Å². The standard InChI is InChI=1S/C8H15NO7S/c1-9-4-6(12)7(13)5(11)3(2-10)8(4)16-17(9,14)15/h3-8,10-13H,2H2,1H3/t3-,4-,5-,6+,7+,8+/m1/s1. The maximum Gasteiger partial charge on any atom is 0.338 e. The summed E-state index contributed by atoms with van der Waals surface area (Å²) in [6.07, 6.45) is -5.48. The Labute approximate surface area is 98.3 Å². The molecule has 2 aliphatic rings. The molecule has 0 amide bonds. The van der Waals surface area contributed by atoms with Gasteiger partial charge in [0, 0.05) is 13.0 Å². The van der Waals surface area contributed by atoms with E-state index < -0.39 is 53.3 Å². The van der Waals surface area contributed by atoms with Crippen molar-refractivity contribution in [3.8, 4) is 0 Å². The van der Waals surface area contributed by atoms with Crippen molar-refractivity contribution >= 4 is 10.3 Å². The third-order valence-corrected chi connectivity index (χ3v) is 4.88. The Hall–Kier alpha value is -0.290. The fraction of sp³-hybridized carbons (Fsp3) is 1.00. The van der Waals surface area contributed by atoms with Crippen LogP contribution in [0.1, 0.15) is 0 Å². The highest BCUT2D eigenvalue weighted by Crippen LogP contribution is 2.37. The van der Waals surface area contributed by atoms with Gasteiger partial charge in [-0.05, 0) is 0 Å². The molecule has 8 nitrogen and oxygen atoms in total. The molecule has 1 saturated carbocycles.